The first-order valence-corrected chi connectivity index (χ1v) is 10.9. The van der Waals surface area contributed by atoms with Crippen molar-refractivity contribution in [3.05, 3.63) is 44.7 Å². The second-order valence-electron chi connectivity index (χ2n) is 7.32. The number of thiazole rings is 1. The summed E-state index contributed by atoms with van der Waals surface area (Å²) in [5.74, 6) is -2.78. The number of amides is 1. The van der Waals surface area contributed by atoms with Crippen molar-refractivity contribution in [1.29, 1.82) is 0 Å². The van der Waals surface area contributed by atoms with E-state index in [2.05, 4.69) is 10.3 Å². The molecule has 0 aliphatic carbocycles. The van der Waals surface area contributed by atoms with Crippen LogP contribution in [0, 0.1) is 13.8 Å². The molecule has 1 amide bonds. The first-order valence-electron chi connectivity index (χ1n) is 9.17. The number of likely N-dealkylation sites (N-methyl/N-ethyl adjacent to an activating group) is 1. The summed E-state index contributed by atoms with van der Waals surface area (Å²) in [4.78, 5) is 20.5. The highest BCUT2D eigenvalue weighted by atomic mass is 32.1. The normalized spacial score (nSPS) is 19.0. The number of carbonyl (C=O) groups excluding carboxylic acids is 1. The molecule has 29 heavy (non-hydrogen) atoms. The molecule has 3 aromatic rings. The quantitative estimate of drug-likeness (QED) is 0.649. The number of aryl methyl sites for hydroxylation is 2. The summed E-state index contributed by atoms with van der Waals surface area (Å²) in [5, 5.41) is 3.27. The third-order valence-corrected chi connectivity index (χ3v) is 7.06. The van der Waals surface area contributed by atoms with Crippen molar-refractivity contribution >= 4 is 38.7 Å². The van der Waals surface area contributed by atoms with Gasteiger partial charge in [0.05, 0.1) is 28.2 Å². The van der Waals surface area contributed by atoms with E-state index in [0.29, 0.717) is 17.9 Å². The average molecular weight is 438 g/mol. The standard InChI is InChI=1S/C20H21F2N3O2S2/c1-11-16(28-10-23-11)8-27-13-4-5-15-14(6-13)18(12(2)29-15)19(26)24-17-7-25(3)9-20(17,21)22/h4-6,10,17H,7-9H2,1-3H3,(H,24,26). The van der Waals surface area contributed by atoms with Crippen LogP contribution in [0.15, 0.2) is 23.7 Å². The number of hydrogen-bond donors (Lipinski definition) is 1. The van der Waals surface area contributed by atoms with E-state index in [9.17, 15) is 13.6 Å². The predicted molar refractivity (Wildman–Crippen MR) is 111 cm³/mol. The fourth-order valence-electron chi connectivity index (χ4n) is 3.55. The number of carbonyl (C=O) groups is 1. The van der Waals surface area contributed by atoms with E-state index in [1.807, 2.05) is 32.0 Å². The van der Waals surface area contributed by atoms with Gasteiger partial charge in [0.2, 0.25) is 0 Å². The molecule has 0 radical (unpaired) electrons. The van der Waals surface area contributed by atoms with Gasteiger partial charge in [-0.3, -0.25) is 9.69 Å². The van der Waals surface area contributed by atoms with Crippen LogP contribution in [0.1, 0.15) is 25.8 Å². The van der Waals surface area contributed by atoms with Crippen LogP contribution in [0.3, 0.4) is 0 Å². The van der Waals surface area contributed by atoms with Gasteiger partial charge in [-0.05, 0) is 39.1 Å². The lowest BCUT2D eigenvalue weighted by atomic mass is 10.1. The molecule has 1 unspecified atom stereocenters. The molecule has 0 bridgehead atoms. The second kappa shape index (κ2) is 7.62. The number of benzene rings is 1. The number of nitrogens with zero attached hydrogens (tertiary/aromatic N) is 2. The van der Waals surface area contributed by atoms with Gasteiger partial charge in [0.1, 0.15) is 18.4 Å². The number of halogens is 2. The SMILES string of the molecule is Cc1ncsc1COc1ccc2sc(C)c(C(=O)NC3CN(C)CC3(F)F)c2c1. The van der Waals surface area contributed by atoms with Crippen LogP contribution in [-0.4, -0.2) is 47.9 Å². The Labute approximate surface area is 175 Å². The summed E-state index contributed by atoms with van der Waals surface area (Å²) in [5.41, 5.74) is 3.15. The van der Waals surface area contributed by atoms with Gasteiger partial charge in [-0.2, -0.15) is 0 Å². The highest BCUT2D eigenvalue weighted by molar-refractivity contribution is 7.19. The number of likely N-dealkylation sites (tertiary alicyclic amines) is 1. The number of ether oxygens (including phenoxy) is 1. The number of hydrogen-bond acceptors (Lipinski definition) is 6. The van der Waals surface area contributed by atoms with E-state index in [-0.39, 0.29) is 13.1 Å². The zero-order chi connectivity index (χ0) is 20.8. The van der Waals surface area contributed by atoms with E-state index < -0.39 is 17.9 Å². The largest absolute Gasteiger partial charge is 0.488 e. The van der Waals surface area contributed by atoms with Crippen molar-refractivity contribution in [3.8, 4) is 5.75 Å². The molecule has 0 spiro atoms. The van der Waals surface area contributed by atoms with Crippen LogP contribution < -0.4 is 10.1 Å². The van der Waals surface area contributed by atoms with E-state index in [1.165, 1.54) is 27.6 Å². The molecular weight excluding hydrogens is 416 g/mol. The minimum absolute atomic E-state index is 0.127. The summed E-state index contributed by atoms with van der Waals surface area (Å²) in [6, 6.07) is 4.37. The summed E-state index contributed by atoms with van der Waals surface area (Å²) in [6.07, 6.45) is 0. The van der Waals surface area contributed by atoms with Gasteiger partial charge in [0.15, 0.2) is 0 Å². The average Bonchev–Trinajstić information content (AvgIpc) is 3.27. The first-order chi connectivity index (χ1) is 13.7. The third-order valence-electron chi connectivity index (χ3n) is 5.07. The zero-order valence-corrected chi connectivity index (χ0v) is 17.9. The number of aromatic nitrogens is 1. The molecule has 1 aliphatic heterocycles. The molecule has 4 rings (SSSR count). The highest BCUT2D eigenvalue weighted by Gasteiger charge is 2.47. The Bertz CT molecular complexity index is 1060. The molecule has 1 saturated heterocycles. The van der Waals surface area contributed by atoms with Crippen molar-refractivity contribution in [1.82, 2.24) is 15.2 Å². The Balaban J connectivity index is 1.58. The Kier molecular flexibility index (Phi) is 5.30. The fourth-order valence-corrected chi connectivity index (χ4v) is 5.28. The molecule has 2 aromatic heterocycles. The van der Waals surface area contributed by atoms with Crippen LogP contribution >= 0.6 is 22.7 Å². The van der Waals surface area contributed by atoms with Crippen molar-refractivity contribution in [2.45, 2.75) is 32.4 Å². The summed E-state index contributed by atoms with van der Waals surface area (Å²) < 4.78 is 35.1. The van der Waals surface area contributed by atoms with Gasteiger partial charge < -0.3 is 10.1 Å². The van der Waals surface area contributed by atoms with Crippen molar-refractivity contribution in [3.63, 3.8) is 0 Å². The Hall–Kier alpha value is -2.10. The number of fused-ring (bicyclic) bond motifs is 1. The van der Waals surface area contributed by atoms with Crippen LogP contribution in [0.5, 0.6) is 5.75 Å². The first kappa shape index (κ1) is 20.2. The third kappa shape index (κ3) is 3.99. The van der Waals surface area contributed by atoms with Gasteiger partial charge in [-0.25, -0.2) is 13.8 Å². The Morgan fingerprint density at radius 3 is 2.86 bits per heavy atom. The van der Waals surface area contributed by atoms with Crippen molar-refractivity contribution in [2.24, 2.45) is 0 Å². The Morgan fingerprint density at radius 2 is 2.21 bits per heavy atom. The molecule has 1 N–H and O–H groups in total. The predicted octanol–water partition coefficient (Wildman–Crippen LogP) is 4.23. The smallest absolute Gasteiger partial charge is 0.281 e. The van der Waals surface area contributed by atoms with E-state index in [4.69, 9.17) is 4.74 Å². The zero-order valence-electron chi connectivity index (χ0n) is 16.3. The van der Waals surface area contributed by atoms with Gasteiger partial charge in [0, 0.05) is 21.5 Å². The molecule has 5 nitrogen and oxygen atoms in total. The maximum absolute atomic E-state index is 14.1. The number of alkyl halides is 2. The van der Waals surface area contributed by atoms with Gasteiger partial charge >= 0.3 is 0 Å². The topological polar surface area (TPSA) is 54.5 Å². The lowest BCUT2D eigenvalue weighted by molar-refractivity contribution is -0.00819. The molecule has 1 aromatic carbocycles. The minimum atomic E-state index is -2.94. The molecule has 0 saturated carbocycles. The summed E-state index contributed by atoms with van der Waals surface area (Å²) in [6.45, 7) is 3.94. The number of rotatable bonds is 5. The van der Waals surface area contributed by atoms with Crippen molar-refractivity contribution in [2.75, 3.05) is 20.1 Å². The summed E-state index contributed by atoms with van der Waals surface area (Å²) >= 11 is 3.00. The molecule has 1 atom stereocenters. The molecule has 9 heteroatoms. The maximum atomic E-state index is 14.1. The van der Waals surface area contributed by atoms with Crippen LogP contribution in [0.2, 0.25) is 0 Å². The van der Waals surface area contributed by atoms with E-state index in [0.717, 1.165) is 25.5 Å². The monoisotopic (exact) mass is 437 g/mol. The van der Waals surface area contributed by atoms with Gasteiger partial charge in [-0.1, -0.05) is 0 Å². The van der Waals surface area contributed by atoms with Gasteiger partial charge in [0.25, 0.3) is 11.8 Å². The highest BCUT2D eigenvalue weighted by Crippen LogP contribution is 2.35. The van der Waals surface area contributed by atoms with Crippen molar-refractivity contribution < 1.29 is 18.3 Å². The Morgan fingerprint density at radius 1 is 1.41 bits per heavy atom. The number of thiophene rings is 1. The van der Waals surface area contributed by atoms with Crippen LogP contribution in [0.4, 0.5) is 8.78 Å². The molecule has 3 heterocycles. The summed E-state index contributed by atoms with van der Waals surface area (Å²) in [7, 11) is 1.62. The maximum Gasteiger partial charge on any atom is 0.281 e. The van der Waals surface area contributed by atoms with E-state index in [1.54, 1.807) is 12.6 Å². The molecule has 1 fully saturated rings. The molecule has 154 valence electrons. The second-order valence-corrected chi connectivity index (χ2v) is 9.52. The van der Waals surface area contributed by atoms with Crippen LogP contribution in [-0.2, 0) is 6.61 Å². The lowest BCUT2D eigenvalue weighted by Crippen LogP contribution is -2.46. The van der Waals surface area contributed by atoms with Crippen LogP contribution in [0.25, 0.3) is 10.1 Å². The minimum Gasteiger partial charge on any atom is -0.488 e. The number of nitrogens with one attached hydrogen (secondary N) is 1. The molecular formula is C20H21F2N3O2S2. The fraction of sp³-hybridized carbons (Fsp3) is 0.400. The van der Waals surface area contributed by atoms with Gasteiger partial charge in [-0.15, -0.1) is 22.7 Å². The van der Waals surface area contributed by atoms with E-state index >= 15 is 0 Å². The lowest BCUT2D eigenvalue weighted by Gasteiger charge is -2.19. The molecule has 1 aliphatic rings.